The van der Waals surface area contributed by atoms with Gasteiger partial charge in [0.1, 0.15) is 0 Å². The third-order valence-corrected chi connectivity index (χ3v) is 3.02. The Morgan fingerprint density at radius 1 is 1.45 bits per heavy atom. The summed E-state index contributed by atoms with van der Waals surface area (Å²) in [7, 11) is 0. The van der Waals surface area contributed by atoms with Crippen LogP contribution in [0.25, 0.3) is 0 Å². The van der Waals surface area contributed by atoms with Crippen molar-refractivity contribution < 1.29 is 0 Å². The second kappa shape index (κ2) is 3.25. The molecule has 0 aromatic rings. The lowest BCUT2D eigenvalue weighted by atomic mass is 9.72. The number of rotatable bonds is 2. The molecule has 1 aliphatic carbocycles. The predicted octanol–water partition coefficient (Wildman–Crippen LogP) is 3.55. The van der Waals surface area contributed by atoms with Crippen LogP contribution < -0.4 is 0 Å². The fourth-order valence-corrected chi connectivity index (χ4v) is 1.58. The molecule has 0 aromatic carbocycles. The van der Waals surface area contributed by atoms with Crippen LogP contribution in [-0.4, -0.2) is 0 Å². The second-order valence-electron chi connectivity index (χ2n) is 3.81. The van der Waals surface area contributed by atoms with E-state index in [1.165, 1.54) is 12.8 Å². The molecule has 2 atom stereocenters. The van der Waals surface area contributed by atoms with Crippen molar-refractivity contribution in [1.82, 2.24) is 0 Å². The van der Waals surface area contributed by atoms with Crippen LogP contribution in [-0.2, 0) is 0 Å². The highest BCUT2D eigenvalue weighted by Crippen LogP contribution is 2.36. The standard InChI is InChI=1S/C11H18/c1-4-10(2)11(3)8-6-5-7-9-11/h5-8,10H,4,9H2,1-3H3. The summed E-state index contributed by atoms with van der Waals surface area (Å²) in [6.45, 7) is 6.95. The average molecular weight is 150 g/mol. The summed E-state index contributed by atoms with van der Waals surface area (Å²) in [5.41, 5.74) is 0.420. The molecule has 0 aromatic heterocycles. The molecule has 0 saturated heterocycles. The summed E-state index contributed by atoms with van der Waals surface area (Å²) in [4.78, 5) is 0. The minimum atomic E-state index is 0.420. The van der Waals surface area contributed by atoms with E-state index in [0.717, 1.165) is 5.92 Å². The Labute approximate surface area is 70.0 Å². The van der Waals surface area contributed by atoms with E-state index in [1.807, 2.05) is 0 Å². The van der Waals surface area contributed by atoms with Crippen LogP contribution in [0.4, 0.5) is 0 Å². The maximum absolute atomic E-state index is 2.35. The van der Waals surface area contributed by atoms with E-state index in [4.69, 9.17) is 0 Å². The molecule has 0 aliphatic heterocycles. The lowest BCUT2D eigenvalue weighted by molar-refractivity contribution is 0.269. The normalized spacial score (nSPS) is 32.3. The van der Waals surface area contributed by atoms with E-state index in [-0.39, 0.29) is 0 Å². The quantitative estimate of drug-likeness (QED) is 0.564. The molecule has 1 rings (SSSR count). The molecule has 0 bridgehead atoms. The van der Waals surface area contributed by atoms with E-state index in [0.29, 0.717) is 5.41 Å². The van der Waals surface area contributed by atoms with Crippen molar-refractivity contribution in [2.45, 2.75) is 33.6 Å². The Bertz CT molecular complexity index is 176. The smallest absolute Gasteiger partial charge is 0.00833 e. The van der Waals surface area contributed by atoms with Crippen LogP contribution in [0.5, 0.6) is 0 Å². The van der Waals surface area contributed by atoms with Crippen LogP contribution in [0.1, 0.15) is 33.6 Å². The maximum Gasteiger partial charge on any atom is -0.00833 e. The Morgan fingerprint density at radius 3 is 2.64 bits per heavy atom. The molecule has 0 heteroatoms. The zero-order valence-corrected chi connectivity index (χ0v) is 7.80. The minimum absolute atomic E-state index is 0.420. The van der Waals surface area contributed by atoms with E-state index in [1.54, 1.807) is 0 Å². The van der Waals surface area contributed by atoms with Gasteiger partial charge in [-0.2, -0.15) is 0 Å². The highest BCUT2D eigenvalue weighted by atomic mass is 14.3. The highest BCUT2D eigenvalue weighted by molar-refractivity contribution is 5.16. The summed E-state index contributed by atoms with van der Waals surface area (Å²) in [6.07, 6.45) is 11.4. The summed E-state index contributed by atoms with van der Waals surface area (Å²) in [5, 5.41) is 0. The SMILES string of the molecule is CCC(C)C1(C)C=CC=CC1. The maximum atomic E-state index is 2.35. The van der Waals surface area contributed by atoms with Gasteiger partial charge in [-0.15, -0.1) is 0 Å². The van der Waals surface area contributed by atoms with Crippen molar-refractivity contribution >= 4 is 0 Å². The van der Waals surface area contributed by atoms with Crippen molar-refractivity contribution in [3.8, 4) is 0 Å². The Balaban J connectivity index is 2.67. The highest BCUT2D eigenvalue weighted by Gasteiger charge is 2.26. The zero-order chi connectivity index (χ0) is 8.32. The average Bonchev–Trinajstić information content (AvgIpc) is 2.04. The third-order valence-electron chi connectivity index (χ3n) is 3.02. The first kappa shape index (κ1) is 8.58. The molecule has 62 valence electrons. The van der Waals surface area contributed by atoms with Crippen LogP contribution in [0, 0.1) is 11.3 Å². The molecule has 0 spiro atoms. The molecular weight excluding hydrogens is 132 g/mol. The summed E-state index contributed by atoms with van der Waals surface area (Å²) >= 11 is 0. The first-order valence-corrected chi connectivity index (χ1v) is 4.53. The van der Waals surface area contributed by atoms with Gasteiger partial charge in [-0.25, -0.2) is 0 Å². The first-order valence-electron chi connectivity index (χ1n) is 4.53. The predicted molar refractivity (Wildman–Crippen MR) is 50.5 cm³/mol. The zero-order valence-electron chi connectivity index (χ0n) is 7.80. The minimum Gasteiger partial charge on any atom is -0.0837 e. The Kier molecular flexibility index (Phi) is 2.53. The van der Waals surface area contributed by atoms with E-state index in [9.17, 15) is 0 Å². The molecule has 0 radical (unpaired) electrons. The molecule has 11 heavy (non-hydrogen) atoms. The van der Waals surface area contributed by atoms with E-state index < -0.39 is 0 Å². The molecule has 2 unspecified atom stereocenters. The molecule has 0 fully saturated rings. The van der Waals surface area contributed by atoms with Crippen molar-refractivity contribution in [3.63, 3.8) is 0 Å². The Hall–Kier alpha value is -0.520. The lowest BCUT2D eigenvalue weighted by Gasteiger charge is -2.32. The van der Waals surface area contributed by atoms with Crippen molar-refractivity contribution in [2.75, 3.05) is 0 Å². The van der Waals surface area contributed by atoms with Crippen LogP contribution in [0.3, 0.4) is 0 Å². The molecule has 0 saturated carbocycles. The molecule has 0 amide bonds. The van der Waals surface area contributed by atoms with Gasteiger partial charge in [0.15, 0.2) is 0 Å². The number of hydrogen-bond acceptors (Lipinski definition) is 0. The van der Waals surface area contributed by atoms with E-state index >= 15 is 0 Å². The molecule has 0 N–H and O–H groups in total. The second-order valence-corrected chi connectivity index (χ2v) is 3.81. The first-order chi connectivity index (χ1) is 5.19. The van der Waals surface area contributed by atoms with Crippen LogP contribution in [0.15, 0.2) is 24.3 Å². The van der Waals surface area contributed by atoms with Gasteiger partial charge < -0.3 is 0 Å². The summed E-state index contributed by atoms with van der Waals surface area (Å²) in [6, 6.07) is 0. The van der Waals surface area contributed by atoms with Crippen molar-refractivity contribution in [1.29, 1.82) is 0 Å². The van der Waals surface area contributed by atoms with Crippen LogP contribution in [0.2, 0.25) is 0 Å². The number of hydrogen-bond donors (Lipinski definition) is 0. The monoisotopic (exact) mass is 150 g/mol. The van der Waals surface area contributed by atoms with Crippen LogP contribution >= 0.6 is 0 Å². The fourth-order valence-electron chi connectivity index (χ4n) is 1.58. The fraction of sp³-hybridized carbons (Fsp3) is 0.636. The van der Waals surface area contributed by atoms with Gasteiger partial charge >= 0.3 is 0 Å². The largest absolute Gasteiger partial charge is 0.0837 e. The molecule has 0 nitrogen and oxygen atoms in total. The van der Waals surface area contributed by atoms with Gasteiger partial charge in [0.2, 0.25) is 0 Å². The summed E-state index contributed by atoms with van der Waals surface area (Å²) < 4.78 is 0. The van der Waals surface area contributed by atoms with E-state index in [2.05, 4.69) is 45.1 Å². The molecule has 0 heterocycles. The summed E-state index contributed by atoms with van der Waals surface area (Å²) in [5.74, 6) is 0.795. The van der Waals surface area contributed by atoms with Gasteiger partial charge in [0.25, 0.3) is 0 Å². The molecular formula is C11H18. The topological polar surface area (TPSA) is 0 Å². The van der Waals surface area contributed by atoms with Crippen molar-refractivity contribution in [2.24, 2.45) is 11.3 Å². The van der Waals surface area contributed by atoms with Gasteiger partial charge in [-0.05, 0) is 17.8 Å². The van der Waals surface area contributed by atoms with Gasteiger partial charge in [0.05, 0.1) is 0 Å². The van der Waals surface area contributed by atoms with Crippen molar-refractivity contribution in [3.05, 3.63) is 24.3 Å². The molecule has 1 aliphatic rings. The van der Waals surface area contributed by atoms with Gasteiger partial charge in [-0.1, -0.05) is 51.5 Å². The lowest BCUT2D eigenvalue weighted by Crippen LogP contribution is -2.22. The van der Waals surface area contributed by atoms with Gasteiger partial charge in [-0.3, -0.25) is 0 Å². The number of allylic oxidation sites excluding steroid dienone is 4. The van der Waals surface area contributed by atoms with Gasteiger partial charge in [0, 0.05) is 0 Å². The third kappa shape index (κ3) is 1.74. The Morgan fingerprint density at radius 2 is 2.18 bits per heavy atom.